The lowest BCUT2D eigenvalue weighted by atomic mass is 10.1. The van der Waals surface area contributed by atoms with Gasteiger partial charge in [-0.2, -0.15) is 13.2 Å². The molecule has 102 valence electrons. The topological polar surface area (TPSA) is 44.9 Å². The van der Waals surface area contributed by atoms with Gasteiger partial charge in [0.25, 0.3) is 0 Å². The number of nitrogens with one attached hydrogen (secondary N) is 2. The predicted octanol–water partition coefficient (Wildman–Crippen LogP) is 2.78. The second-order valence-corrected chi connectivity index (χ2v) is 4.25. The van der Waals surface area contributed by atoms with Crippen molar-refractivity contribution in [3.63, 3.8) is 0 Å². The van der Waals surface area contributed by atoms with Gasteiger partial charge in [0.1, 0.15) is 0 Å². The third-order valence-corrected chi connectivity index (χ3v) is 2.76. The number of hydrogen-bond acceptors (Lipinski definition) is 1. The molecule has 2 N–H and O–H groups in total. The lowest BCUT2D eigenvalue weighted by molar-refractivity contribution is -0.135. The normalized spacial score (nSPS) is 11.7. The average molecular weight is 270 g/mol. The minimum Gasteiger partial charge on any atom is -0.361 e. The Labute approximate surface area is 107 Å². The number of aromatic nitrogens is 1. The number of halogens is 3. The molecule has 0 atom stereocenters. The average Bonchev–Trinajstić information content (AvgIpc) is 2.71. The first-order valence-corrected chi connectivity index (χ1v) is 5.84. The summed E-state index contributed by atoms with van der Waals surface area (Å²) in [5.41, 5.74) is 1.68. The number of alkyl halides is 3. The van der Waals surface area contributed by atoms with Crippen LogP contribution in [0.15, 0.2) is 30.5 Å². The first kappa shape index (κ1) is 13.5. The Morgan fingerprint density at radius 3 is 2.74 bits per heavy atom. The van der Waals surface area contributed by atoms with E-state index in [2.05, 4.69) is 10.3 Å². The molecule has 2 aromatic rings. The van der Waals surface area contributed by atoms with Gasteiger partial charge in [-0.1, -0.05) is 18.2 Å². The van der Waals surface area contributed by atoms with Crippen molar-refractivity contribution in [3.05, 3.63) is 36.0 Å². The van der Waals surface area contributed by atoms with Crippen LogP contribution in [0.5, 0.6) is 0 Å². The number of rotatable bonds is 4. The highest BCUT2D eigenvalue weighted by Crippen LogP contribution is 2.19. The molecule has 3 nitrogen and oxygen atoms in total. The smallest absolute Gasteiger partial charge is 0.361 e. The number of carbonyl (C=O) groups excluding carboxylic acids is 1. The van der Waals surface area contributed by atoms with E-state index in [1.165, 1.54) is 0 Å². The van der Waals surface area contributed by atoms with Crippen LogP contribution in [0.1, 0.15) is 12.0 Å². The Balaban J connectivity index is 1.92. The van der Waals surface area contributed by atoms with Crippen molar-refractivity contribution in [1.82, 2.24) is 10.3 Å². The molecule has 0 aliphatic rings. The molecule has 1 aromatic carbocycles. The van der Waals surface area contributed by atoms with Gasteiger partial charge < -0.3 is 10.3 Å². The zero-order valence-corrected chi connectivity index (χ0v) is 10.1. The molecule has 0 aliphatic heterocycles. The number of benzene rings is 1. The van der Waals surface area contributed by atoms with E-state index in [1.807, 2.05) is 24.3 Å². The molecule has 0 spiro atoms. The molecule has 1 aromatic heterocycles. The standard InChI is InChI=1S/C13H13F3N2O/c14-13(15,16)5-6-17-12(19)7-9-8-18-11-4-2-1-3-10(9)11/h1-4,8,18H,5-7H2,(H,17,19). The Hall–Kier alpha value is -1.98. The summed E-state index contributed by atoms with van der Waals surface area (Å²) in [6, 6.07) is 7.46. The van der Waals surface area contributed by atoms with Crippen molar-refractivity contribution in [3.8, 4) is 0 Å². The second kappa shape index (κ2) is 5.34. The van der Waals surface area contributed by atoms with Gasteiger partial charge in [-0.05, 0) is 11.6 Å². The van der Waals surface area contributed by atoms with Crippen molar-refractivity contribution in [1.29, 1.82) is 0 Å². The number of aromatic amines is 1. The van der Waals surface area contributed by atoms with Gasteiger partial charge >= 0.3 is 6.18 Å². The highest BCUT2D eigenvalue weighted by molar-refractivity contribution is 5.88. The lowest BCUT2D eigenvalue weighted by Gasteiger charge is -2.07. The van der Waals surface area contributed by atoms with E-state index in [4.69, 9.17) is 0 Å². The Bertz CT molecular complexity index is 575. The number of fused-ring (bicyclic) bond motifs is 1. The van der Waals surface area contributed by atoms with Crippen LogP contribution in [-0.4, -0.2) is 23.6 Å². The van der Waals surface area contributed by atoms with Crippen molar-refractivity contribution in [2.24, 2.45) is 0 Å². The van der Waals surface area contributed by atoms with Gasteiger partial charge in [0.15, 0.2) is 0 Å². The Kier molecular flexibility index (Phi) is 3.78. The maximum absolute atomic E-state index is 11.9. The lowest BCUT2D eigenvalue weighted by Crippen LogP contribution is -2.29. The summed E-state index contributed by atoms with van der Waals surface area (Å²) in [6.07, 6.45) is -3.48. The monoisotopic (exact) mass is 270 g/mol. The molecule has 1 amide bonds. The van der Waals surface area contributed by atoms with Gasteiger partial charge in [-0.3, -0.25) is 4.79 Å². The minimum atomic E-state index is -4.24. The molecule has 0 radical (unpaired) electrons. The molecule has 19 heavy (non-hydrogen) atoms. The van der Waals surface area contributed by atoms with Gasteiger partial charge in [-0.25, -0.2) is 0 Å². The molecule has 1 heterocycles. The van der Waals surface area contributed by atoms with Crippen LogP contribution in [0.3, 0.4) is 0 Å². The van der Waals surface area contributed by atoms with Crippen LogP contribution >= 0.6 is 0 Å². The third kappa shape index (κ3) is 3.74. The molecular formula is C13H13F3N2O. The zero-order chi connectivity index (χ0) is 13.9. The Morgan fingerprint density at radius 2 is 2.00 bits per heavy atom. The highest BCUT2D eigenvalue weighted by Gasteiger charge is 2.26. The Morgan fingerprint density at radius 1 is 1.26 bits per heavy atom. The summed E-state index contributed by atoms with van der Waals surface area (Å²) in [7, 11) is 0. The van der Waals surface area contributed by atoms with Gasteiger partial charge in [0.2, 0.25) is 5.91 Å². The van der Waals surface area contributed by atoms with Crippen molar-refractivity contribution in [2.45, 2.75) is 19.0 Å². The van der Waals surface area contributed by atoms with Gasteiger partial charge in [-0.15, -0.1) is 0 Å². The van der Waals surface area contributed by atoms with E-state index in [9.17, 15) is 18.0 Å². The summed E-state index contributed by atoms with van der Waals surface area (Å²) in [5, 5.41) is 3.18. The highest BCUT2D eigenvalue weighted by atomic mass is 19.4. The van der Waals surface area contributed by atoms with E-state index in [-0.39, 0.29) is 13.0 Å². The fourth-order valence-corrected chi connectivity index (χ4v) is 1.86. The van der Waals surface area contributed by atoms with Crippen LogP contribution in [-0.2, 0) is 11.2 Å². The summed E-state index contributed by atoms with van der Waals surface area (Å²) in [6.45, 7) is -0.384. The number of hydrogen-bond donors (Lipinski definition) is 2. The second-order valence-electron chi connectivity index (χ2n) is 4.25. The van der Waals surface area contributed by atoms with Crippen LogP contribution in [0.2, 0.25) is 0 Å². The van der Waals surface area contributed by atoms with Crippen molar-refractivity contribution < 1.29 is 18.0 Å². The van der Waals surface area contributed by atoms with Crippen LogP contribution in [0.4, 0.5) is 13.2 Å². The fraction of sp³-hybridized carbons (Fsp3) is 0.308. The molecule has 0 saturated carbocycles. The van der Waals surface area contributed by atoms with Crippen molar-refractivity contribution >= 4 is 16.8 Å². The maximum atomic E-state index is 11.9. The van der Waals surface area contributed by atoms with Crippen molar-refractivity contribution in [2.75, 3.05) is 6.54 Å². The van der Waals surface area contributed by atoms with E-state index in [0.717, 1.165) is 16.5 Å². The van der Waals surface area contributed by atoms with Gasteiger partial charge in [0, 0.05) is 23.6 Å². The van der Waals surface area contributed by atoms with Crippen LogP contribution < -0.4 is 5.32 Å². The number of carbonyl (C=O) groups is 1. The SMILES string of the molecule is O=C(Cc1c[nH]c2ccccc12)NCCC(F)(F)F. The number of para-hydroxylation sites is 1. The molecule has 0 saturated heterocycles. The predicted molar refractivity (Wildman–Crippen MR) is 65.7 cm³/mol. The fourth-order valence-electron chi connectivity index (χ4n) is 1.86. The van der Waals surface area contributed by atoms with Gasteiger partial charge in [0.05, 0.1) is 12.8 Å². The molecule has 0 unspecified atom stereocenters. The molecule has 6 heteroatoms. The van der Waals surface area contributed by atoms with E-state index >= 15 is 0 Å². The molecular weight excluding hydrogens is 257 g/mol. The van der Waals surface area contributed by atoms with Crippen LogP contribution in [0, 0.1) is 0 Å². The maximum Gasteiger partial charge on any atom is 0.390 e. The molecule has 0 aliphatic carbocycles. The van der Waals surface area contributed by atoms with E-state index in [0.29, 0.717) is 0 Å². The summed E-state index contributed by atoms with van der Waals surface area (Å²) < 4.78 is 35.8. The first-order chi connectivity index (χ1) is 8.96. The minimum absolute atomic E-state index is 0.0713. The summed E-state index contributed by atoms with van der Waals surface area (Å²) >= 11 is 0. The number of H-pyrrole nitrogens is 1. The first-order valence-electron chi connectivity index (χ1n) is 5.84. The van der Waals surface area contributed by atoms with E-state index in [1.54, 1.807) is 6.20 Å². The van der Waals surface area contributed by atoms with Crippen LogP contribution in [0.25, 0.3) is 10.9 Å². The largest absolute Gasteiger partial charge is 0.390 e. The molecule has 2 rings (SSSR count). The summed E-state index contributed by atoms with van der Waals surface area (Å²) in [5.74, 6) is -0.408. The zero-order valence-electron chi connectivity index (χ0n) is 10.1. The quantitative estimate of drug-likeness (QED) is 0.881. The molecule has 0 bridgehead atoms. The molecule has 0 fully saturated rings. The summed E-state index contributed by atoms with van der Waals surface area (Å²) in [4.78, 5) is 14.6. The third-order valence-electron chi connectivity index (χ3n) is 2.76. The number of amides is 1. The van der Waals surface area contributed by atoms with E-state index < -0.39 is 18.5 Å².